The first-order valence-corrected chi connectivity index (χ1v) is 6.30. The van der Waals surface area contributed by atoms with Crippen molar-refractivity contribution in [3.8, 4) is 0 Å². The van der Waals surface area contributed by atoms with E-state index in [1.54, 1.807) is 12.1 Å². The van der Waals surface area contributed by atoms with Crippen LogP contribution in [0, 0.1) is 0 Å². The molecule has 0 saturated carbocycles. The first-order valence-electron chi connectivity index (χ1n) is 5.54. The third-order valence-electron chi connectivity index (χ3n) is 2.31. The van der Waals surface area contributed by atoms with E-state index in [1.165, 1.54) is 13.0 Å². The Morgan fingerprint density at radius 1 is 1.32 bits per heavy atom. The summed E-state index contributed by atoms with van der Waals surface area (Å²) < 4.78 is 0. The van der Waals surface area contributed by atoms with Crippen LogP contribution in [0.3, 0.4) is 0 Å². The van der Waals surface area contributed by atoms with Crippen molar-refractivity contribution in [1.29, 1.82) is 0 Å². The molecule has 1 unspecified atom stereocenters. The third-order valence-corrected chi connectivity index (χ3v) is 2.87. The van der Waals surface area contributed by atoms with E-state index >= 15 is 0 Å². The second-order valence-corrected chi connectivity index (χ2v) is 4.74. The summed E-state index contributed by atoms with van der Waals surface area (Å²) >= 11 is 11.7. The van der Waals surface area contributed by atoms with Crippen molar-refractivity contribution in [2.45, 2.75) is 13.0 Å². The normalized spacial score (nSPS) is 11.8. The second kappa shape index (κ2) is 7.33. The van der Waals surface area contributed by atoms with Gasteiger partial charge in [0.1, 0.15) is 0 Å². The van der Waals surface area contributed by atoms with E-state index in [1.807, 2.05) is 0 Å². The van der Waals surface area contributed by atoms with Gasteiger partial charge in [-0.05, 0) is 12.1 Å². The van der Waals surface area contributed by atoms with Crippen LogP contribution in [0.4, 0.5) is 0 Å². The number of halogens is 2. The molecule has 0 aromatic heterocycles. The smallest absolute Gasteiger partial charge is 0.239 e. The van der Waals surface area contributed by atoms with Gasteiger partial charge in [-0.15, -0.1) is 0 Å². The van der Waals surface area contributed by atoms with Crippen LogP contribution in [0.1, 0.15) is 18.6 Å². The minimum atomic E-state index is -0.939. The van der Waals surface area contributed by atoms with Crippen LogP contribution in [0.5, 0.6) is 0 Å². The second-order valence-electron chi connectivity index (χ2n) is 3.90. The zero-order chi connectivity index (χ0) is 14.4. The van der Waals surface area contributed by atoms with Crippen molar-refractivity contribution in [2.24, 2.45) is 0 Å². The lowest BCUT2D eigenvalue weighted by Crippen LogP contribution is -2.37. The van der Waals surface area contributed by atoms with Crippen molar-refractivity contribution < 1.29 is 14.7 Å². The van der Waals surface area contributed by atoms with E-state index in [0.717, 1.165) is 0 Å². The van der Waals surface area contributed by atoms with Crippen molar-refractivity contribution in [2.75, 3.05) is 13.1 Å². The van der Waals surface area contributed by atoms with Crippen molar-refractivity contribution in [1.82, 2.24) is 10.6 Å². The fourth-order valence-corrected chi connectivity index (χ4v) is 1.89. The monoisotopic (exact) mass is 304 g/mol. The van der Waals surface area contributed by atoms with E-state index in [4.69, 9.17) is 23.2 Å². The summed E-state index contributed by atoms with van der Waals surface area (Å²) in [6.45, 7) is 1.19. The molecule has 1 rings (SSSR count). The largest absolute Gasteiger partial charge is 0.387 e. The molecule has 1 aromatic carbocycles. The fraction of sp³-hybridized carbons (Fsp3) is 0.333. The number of carbonyl (C=O) groups excluding carboxylic acids is 2. The number of amides is 2. The molecule has 0 heterocycles. The molecule has 0 aliphatic carbocycles. The Labute approximate surface area is 120 Å². The summed E-state index contributed by atoms with van der Waals surface area (Å²) in [4.78, 5) is 21.9. The average Bonchev–Trinajstić information content (AvgIpc) is 2.33. The molecule has 0 aliphatic rings. The maximum Gasteiger partial charge on any atom is 0.239 e. The number of nitrogens with one attached hydrogen (secondary N) is 2. The molecule has 3 N–H and O–H groups in total. The lowest BCUT2D eigenvalue weighted by Gasteiger charge is -2.14. The molecular weight excluding hydrogens is 291 g/mol. The van der Waals surface area contributed by atoms with Gasteiger partial charge in [0.2, 0.25) is 11.8 Å². The highest BCUT2D eigenvalue weighted by Gasteiger charge is 2.13. The van der Waals surface area contributed by atoms with E-state index in [9.17, 15) is 14.7 Å². The lowest BCUT2D eigenvalue weighted by molar-refractivity contribution is -0.125. The molecule has 0 saturated heterocycles. The molecule has 19 heavy (non-hydrogen) atoms. The number of rotatable bonds is 5. The third kappa shape index (κ3) is 5.46. The van der Waals surface area contributed by atoms with Crippen LogP contribution in [0.15, 0.2) is 18.2 Å². The van der Waals surface area contributed by atoms with Crippen molar-refractivity contribution >= 4 is 35.0 Å². The van der Waals surface area contributed by atoms with Crippen LogP contribution in [0.2, 0.25) is 10.0 Å². The molecule has 2 amide bonds. The minimum absolute atomic E-state index is 0.000228. The minimum Gasteiger partial charge on any atom is -0.387 e. The predicted molar refractivity (Wildman–Crippen MR) is 73.1 cm³/mol. The van der Waals surface area contributed by atoms with E-state index in [2.05, 4.69) is 10.6 Å². The number of hydrogen-bond acceptors (Lipinski definition) is 3. The Hall–Kier alpha value is -1.30. The van der Waals surface area contributed by atoms with Crippen LogP contribution in [-0.2, 0) is 9.59 Å². The topological polar surface area (TPSA) is 78.4 Å². The number of aliphatic hydroxyl groups is 1. The van der Waals surface area contributed by atoms with Crippen molar-refractivity contribution in [3.05, 3.63) is 33.8 Å². The van der Waals surface area contributed by atoms with E-state index < -0.39 is 6.10 Å². The number of hydrogen-bond donors (Lipinski definition) is 3. The van der Waals surface area contributed by atoms with Gasteiger partial charge in [0.15, 0.2) is 0 Å². The van der Waals surface area contributed by atoms with Gasteiger partial charge >= 0.3 is 0 Å². The predicted octanol–water partition coefficient (Wildman–Crippen LogP) is 1.28. The van der Waals surface area contributed by atoms with E-state index in [0.29, 0.717) is 15.6 Å². The fourth-order valence-electron chi connectivity index (χ4n) is 1.36. The Morgan fingerprint density at radius 3 is 2.58 bits per heavy atom. The van der Waals surface area contributed by atoms with Gasteiger partial charge in [0.25, 0.3) is 0 Å². The van der Waals surface area contributed by atoms with Gasteiger partial charge in [-0.3, -0.25) is 9.59 Å². The zero-order valence-corrected chi connectivity index (χ0v) is 11.8. The van der Waals surface area contributed by atoms with Crippen LogP contribution >= 0.6 is 23.2 Å². The molecule has 5 nitrogen and oxygen atoms in total. The van der Waals surface area contributed by atoms with Gasteiger partial charge in [-0.1, -0.05) is 29.3 Å². The molecule has 7 heteroatoms. The first kappa shape index (κ1) is 15.8. The SMILES string of the molecule is CC(=O)NCC(=O)NCC(O)c1ccc(Cl)cc1Cl. The molecule has 104 valence electrons. The van der Waals surface area contributed by atoms with Gasteiger partial charge in [0, 0.05) is 29.1 Å². The van der Waals surface area contributed by atoms with Gasteiger partial charge < -0.3 is 15.7 Å². The molecule has 0 radical (unpaired) electrons. The van der Waals surface area contributed by atoms with Gasteiger partial charge in [0.05, 0.1) is 12.6 Å². The summed E-state index contributed by atoms with van der Waals surface area (Å²) in [5, 5.41) is 15.5. The maximum atomic E-state index is 11.3. The number of aliphatic hydroxyl groups excluding tert-OH is 1. The Bertz CT molecular complexity index is 480. The summed E-state index contributed by atoms with van der Waals surface area (Å²) in [6.07, 6.45) is -0.939. The van der Waals surface area contributed by atoms with Gasteiger partial charge in [-0.25, -0.2) is 0 Å². The molecule has 1 atom stereocenters. The summed E-state index contributed by atoms with van der Waals surface area (Å²) in [7, 11) is 0. The number of benzene rings is 1. The summed E-state index contributed by atoms with van der Waals surface area (Å²) in [6, 6.07) is 4.71. The molecule has 0 spiro atoms. The van der Waals surface area contributed by atoms with Gasteiger partial charge in [-0.2, -0.15) is 0 Å². The number of carbonyl (C=O) groups is 2. The lowest BCUT2D eigenvalue weighted by atomic mass is 10.1. The zero-order valence-electron chi connectivity index (χ0n) is 10.2. The highest BCUT2D eigenvalue weighted by molar-refractivity contribution is 6.35. The standard InChI is InChI=1S/C12H14Cl2N2O3/c1-7(17)15-6-12(19)16-5-11(18)9-3-2-8(13)4-10(9)14/h2-4,11,18H,5-6H2,1H3,(H,15,17)(H,16,19). The molecule has 0 bridgehead atoms. The summed E-state index contributed by atoms with van der Waals surface area (Å²) in [5.41, 5.74) is 0.478. The maximum absolute atomic E-state index is 11.3. The molecule has 0 fully saturated rings. The molecule has 0 aliphatic heterocycles. The first-order chi connectivity index (χ1) is 8.90. The Balaban J connectivity index is 2.48. The highest BCUT2D eigenvalue weighted by Crippen LogP contribution is 2.25. The quantitative estimate of drug-likeness (QED) is 0.767. The summed E-state index contributed by atoms with van der Waals surface area (Å²) in [5.74, 6) is -0.684. The van der Waals surface area contributed by atoms with Crippen LogP contribution in [-0.4, -0.2) is 30.0 Å². The molecular formula is C12H14Cl2N2O3. The highest BCUT2D eigenvalue weighted by atomic mass is 35.5. The molecule has 1 aromatic rings. The Morgan fingerprint density at radius 2 is 2.00 bits per heavy atom. The Kier molecular flexibility index (Phi) is 6.08. The van der Waals surface area contributed by atoms with Crippen LogP contribution < -0.4 is 10.6 Å². The average molecular weight is 305 g/mol. The van der Waals surface area contributed by atoms with E-state index in [-0.39, 0.29) is 24.9 Å². The van der Waals surface area contributed by atoms with Crippen LogP contribution in [0.25, 0.3) is 0 Å². The van der Waals surface area contributed by atoms with Crippen molar-refractivity contribution in [3.63, 3.8) is 0 Å².